The fourth-order valence-electron chi connectivity index (χ4n) is 4.74. The Balaban J connectivity index is 1.16. The Hall–Kier alpha value is -3.18. The molecule has 4 aromatic rings. The lowest BCUT2D eigenvalue weighted by Crippen LogP contribution is -2.50. The van der Waals surface area contributed by atoms with E-state index in [0.717, 1.165) is 45.1 Å². The van der Waals surface area contributed by atoms with E-state index in [1.165, 1.54) is 5.56 Å². The van der Waals surface area contributed by atoms with Crippen molar-refractivity contribution in [3.63, 3.8) is 0 Å². The Bertz CT molecular complexity index is 1450. The molecule has 204 valence electrons. The predicted molar refractivity (Wildman–Crippen MR) is 156 cm³/mol. The normalized spacial score (nSPS) is 13.8. The number of rotatable bonds is 9. The molecule has 2 aromatic heterocycles. The van der Waals surface area contributed by atoms with Crippen LogP contribution in [0.3, 0.4) is 0 Å². The molecule has 3 heterocycles. The van der Waals surface area contributed by atoms with Crippen LogP contribution in [0.1, 0.15) is 31.7 Å². The highest BCUT2D eigenvalue weighted by Gasteiger charge is 2.24. The minimum absolute atomic E-state index is 0.139. The van der Waals surface area contributed by atoms with Crippen molar-refractivity contribution in [1.82, 2.24) is 29.5 Å². The van der Waals surface area contributed by atoms with Gasteiger partial charge in [-0.3, -0.25) is 4.79 Å². The Morgan fingerprint density at radius 3 is 2.49 bits per heavy atom. The van der Waals surface area contributed by atoms with Gasteiger partial charge in [-0.05, 0) is 43.5 Å². The lowest BCUT2D eigenvalue weighted by Gasteiger charge is -2.34. The molecule has 0 aliphatic carbocycles. The summed E-state index contributed by atoms with van der Waals surface area (Å²) in [6.07, 6.45) is 1.87. The van der Waals surface area contributed by atoms with Gasteiger partial charge >= 0.3 is 6.09 Å². The summed E-state index contributed by atoms with van der Waals surface area (Å²) in [4.78, 5) is 32.9. The Kier molecular flexibility index (Phi) is 8.98. The molecule has 0 radical (unpaired) electrons. The Labute approximate surface area is 240 Å². The molecule has 1 aliphatic heterocycles. The van der Waals surface area contributed by atoms with E-state index in [1.54, 1.807) is 23.6 Å². The van der Waals surface area contributed by atoms with Crippen molar-refractivity contribution in [2.24, 2.45) is 0 Å². The number of aromatic nitrogens is 4. The maximum absolute atomic E-state index is 12.6. The smallest absolute Gasteiger partial charge is 0.409 e. The van der Waals surface area contributed by atoms with Crippen LogP contribution < -0.4 is 0 Å². The summed E-state index contributed by atoms with van der Waals surface area (Å²) in [5.74, 6) is 0.949. The molecular weight excluding hydrogens is 580 g/mol. The lowest BCUT2D eigenvalue weighted by atomic mass is 10.2. The van der Waals surface area contributed by atoms with E-state index in [-0.39, 0.29) is 12.0 Å². The first-order valence-corrected chi connectivity index (χ1v) is 15.0. The summed E-state index contributed by atoms with van der Waals surface area (Å²) in [5.41, 5.74) is 3.90. The second-order valence-corrected chi connectivity index (χ2v) is 11.3. The average Bonchev–Trinajstić information content (AvgIpc) is 3.27. The quantitative estimate of drug-likeness (QED) is 0.186. The van der Waals surface area contributed by atoms with Crippen LogP contribution in [0.15, 0.2) is 58.2 Å². The van der Waals surface area contributed by atoms with E-state index in [1.807, 2.05) is 29.2 Å². The van der Waals surface area contributed by atoms with Crippen molar-refractivity contribution in [3.05, 3.63) is 58.6 Å². The summed E-state index contributed by atoms with van der Waals surface area (Å²) >= 11 is 5.08. The van der Waals surface area contributed by atoms with Crippen LogP contribution in [0.5, 0.6) is 0 Å². The minimum atomic E-state index is -0.301. The van der Waals surface area contributed by atoms with Crippen LogP contribution in [-0.2, 0) is 16.1 Å². The monoisotopic (exact) mass is 610 g/mol. The number of hydrogen-bond donors (Lipinski definition) is 0. The van der Waals surface area contributed by atoms with E-state index >= 15 is 0 Å². The molecule has 0 spiro atoms. The molecule has 0 N–H and O–H groups in total. The number of benzene rings is 2. The molecule has 1 aliphatic rings. The second kappa shape index (κ2) is 12.8. The van der Waals surface area contributed by atoms with Gasteiger partial charge in [0, 0.05) is 54.8 Å². The van der Waals surface area contributed by atoms with Crippen LogP contribution in [0, 0.1) is 0 Å². The molecule has 2 amide bonds. The van der Waals surface area contributed by atoms with Crippen molar-refractivity contribution in [1.29, 1.82) is 0 Å². The first-order chi connectivity index (χ1) is 19.0. The van der Waals surface area contributed by atoms with E-state index in [2.05, 4.69) is 55.0 Å². The molecule has 11 heteroatoms. The molecule has 0 bridgehead atoms. The number of amides is 2. The van der Waals surface area contributed by atoms with Gasteiger partial charge in [-0.2, -0.15) is 0 Å². The minimum Gasteiger partial charge on any atom is -0.450 e. The lowest BCUT2D eigenvalue weighted by molar-refractivity contribution is -0.132. The number of hydrogen-bond acceptors (Lipinski definition) is 7. The molecule has 39 heavy (non-hydrogen) atoms. The van der Waals surface area contributed by atoms with Crippen molar-refractivity contribution >= 4 is 61.8 Å². The molecule has 5 rings (SSSR count). The van der Waals surface area contributed by atoms with Gasteiger partial charge in [-0.15, -0.1) is 10.2 Å². The number of fused-ring (bicyclic) bond motifs is 3. The summed E-state index contributed by atoms with van der Waals surface area (Å²) in [6.45, 7) is 5.00. The summed E-state index contributed by atoms with van der Waals surface area (Å²) in [5, 5.41) is 10.6. The van der Waals surface area contributed by atoms with Gasteiger partial charge in [0.1, 0.15) is 5.52 Å². The molecule has 0 unspecified atom stereocenters. The van der Waals surface area contributed by atoms with E-state index in [0.29, 0.717) is 50.9 Å². The Morgan fingerprint density at radius 1 is 0.974 bits per heavy atom. The van der Waals surface area contributed by atoms with Crippen molar-refractivity contribution in [3.8, 4) is 0 Å². The molecule has 0 saturated carbocycles. The maximum Gasteiger partial charge on any atom is 0.409 e. The number of ether oxygens (including phenoxy) is 1. The van der Waals surface area contributed by atoms with Crippen LogP contribution in [-0.4, -0.2) is 80.1 Å². The number of nitrogens with zero attached hydrogens (tertiary/aromatic N) is 6. The molecule has 2 aromatic carbocycles. The van der Waals surface area contributed by atoms with Crippen LogP contribution in [0.4, 0.5) is 4.79 Å². The fourth-order valence-corrected chi connectivity index (χ4v) is 5.78. The third-order valence-corrected chi connectivity index (χ3v) is 8.24. The highest BCUT2D eigenvalue weighted by atomic mass is 79.9. The average molecular weight is 612 g/mol. The number of unbranched alkanes of at least 4 members (excludes halogenated alkanes) is 1. The zero-order valence-electron chi connectivity index (χ0n) is 21.9. The van der Waals surface area contributed by atoms with E-state index in [4.69, 9.17) is 9.72 Å². The van der Waals surface area contributed by atoms with Gasteiger partial charge in [-0.25, -0.2) is 9.78 Å². The van der Waals surface area contributed by atoms with Gasteiger partial charge in [0.2, 0.25) is 11.1 Å². The van der Waals surface area contributed by atoms with Crippen molar-refractivity contribution in [2.75, 3.05) is 38.5 Å². The second-order valence-electron chi connectivity index (χ2n) is 9.37. The maximum atomic E-state index is 12.6. The zero-order chi connectivity index (χ0) is 27.2. The highest BCUT2D eigenvalue weighted by molar-refractivity contribution is 9.10. The number of para-hydroxylation sites is 1. The summed E-state index contributed by atoms with van der Waals surface area (Å²) in [7, 11) is 0. The van der Waals surface area contributed by atoms with Gasteiger partial charge in [-0.1, -0.05) is 58.0 Å². The van der Waals surface area contributed by atoms with Gasteiger partial charge < -0.3 is 19.1 Å². The topological polar surface area (TPSA) is 93.5 Å². The number of carbonyl (C=O) groups excluding carboxylic acids is 2. The van der Waals surface area contributed by atoms with Gasteiger partial charge in [0.25, 0.3) is 0 Å². The van der Waals surface area contributed by atoms with Crippen molar-refractivity contribution < 1.29 is 14.3 Å². The third-order valence-electron chi connectivity index (χ3n) is 6.78. The fraction of sp³-hybridized carbons (Fsp3) is 0.393. The van der Waals surface area contributed by atoms with Crippen LogP contribution >= 0.6 is 27.7 Å². The zero-order valence-corrected chi connectivity index (χ0v) is 24.3. The summed E-state index contributed by atoms with van der Waals surface area (Å²) in [6, 6.07) is 16.5. The van der Waals surface area contributed by atoms with Crippen LogP contribution in [0.25, 0.3) is 22.1 Å². The van der Waals surface area contributed by atoms with E-state index in [9.17, 15) is 9.59 Å². The first-order valence-electron chi connectivity index (χ1n) is 13.2. The van der Waals surface area contributed by atoms with Crippen LogP contribution in [0.2, 0.25) is 0 Å². The highest BCUT2D eigenvalue weighted by Crippen LogP contribution is 2.28. The van der Waals surface area contributed by atoms with Gasteiger partial charge in [0.15, 0.2) is 5.65 Å². The SMILES string of the molecule is CCOC(=O)N1CCN(C(=O)CCCCSc2nnc3c4ccccc4n(Cc4ccc(Br)cc4)c3n2)CC1. The third kappa shape index (κ3) is 6.52. The van der Waals surface area contributed by atoms with Crippen molar-refractivity contribution in [2.45, 2.75) is 37.9 Å². The molecule has 9 nitrogen and oxygen atoms in total. The molecular formula is C28H31BrN6O3S. The first kappa shape index (κ1) is 27.4. The summed E-state index contributed by atoms with van der Waals surface area (Å²) < 4.78 is 8.30. The number of halogens is 1. The number of piperazine rings is 1. The standard InChI is InChI=1S/C28H31BrN6O3S/c1-2-38-28(37)34-16-14-33(15-17-34)24(36)9-5-6-18-39-27-30-26-25(31-32-27)22-7-3-4-8-23(22)35(26)19-20-10-12-21(29)13-11-20/h3-4,7-8,10-13H,2,5-6,9,14-19H2,1H3. The Morgan fingerprint density at radius 2 is 1.72 bits per heavy atom. The molecule has 1 saturated heterocycles. The number of carbonyl (C=O) groups is 2. The molecule has 0 atom stereocenters. The largest absolute Gasteiger partial charge is 0.450 e. The number of thioether (sulfide) groups is 1. The molecule has 1 fully saturated rings. The van der Waals surface area contributed by atoms with Gasteiger partial charge in [0.05, 0.1) is 12.1 Å². The predicted octanol–water partition coefficient (Wildman–Crippen LogP) is 5.35. The van der Waals surface area contributed by atoms with E-state index < -0.39 is 0 Å².